The van der Waals surface area contributed by atoms with Gasteiger partial charge in [0.1, 0.15) is 11.1 Å². The van der Waals surface area contributed by atoms with E-state index >= 15 is 0 Å². The van der Waals surface area contributed by atoms with Gasteiger partial charge in [-0.05, 0) is 36.1 Å². The van der Waals surface area contributed by atoms with E-state index in [1.165, 1.54) is 23.4 Å². The Labute approximate surface area is 179 Å². The van der Waals surface area contributed by atoms with Crippen LogP contribution in [0.25, 0.3) is 0 Å². The number of hydrogen-bond donors (Lipinski definition) is 2. The molecule has 4 rings (SSSR count). The molecule has 8 heteroatoms. The Morgan fingerprint density at radius 2 is 1.93 bits per heavy atom. The van der Waals surface area contributed by atoms with Crippen LogP contribution in [0.15, 0.2) is 53.7 Å². The SMILES string of the molecule is CCCc1nnc2n1N[C@H](c1ccc(CC)cc1)[C@H](C(=O)Nc1ccccc1F)S2. The smallest absolute Gasteiger partial charge is 0.240 e. The molecule has 1 aromatic heterocycles. The van der Waals surface area contributed by atoms with Crippen molar-refractivity contribution < 1.29 is 9.18 Å². The quantitative estimate of drug-likeness (QED) is 0.615. The molecule has 2 heterocycles. The van der Waals surface area contributed by atoms with Crippen molar-refractivity contribution in [1.29, 1.82) is 0 Å². The molecule has 30 heavy (non-hydrogen) atoms. The second-order valence-electron chi connectivity index (χ2n) is 7.19. The van der Waals surface area contributed by atoms with Gasteiger partial charge in [0.25, 0.3) is 0 Å². The van der Waals surface area contributed by atoms with Gasteiger partial charge in [-0.2, -0.15) is 0 Å². The summed E-state index contributed by atoms with van der Waals surface area (Å²) in [6.07, 6.45) is 2.67. The summed E-state index contributed by atoms with van der Waals surface area (Å²) in [5, 5.41) is 11.3. The zero-order valence-corrected chi connectivity index (χ0v) is 17.7. The highest BCUT2D eigenvalue weighted by Crippen LogP contribution is 2.38. The number of aromatic nitrogens is 3. The molecule has 0 bridgehead atoms. The fraction of sp³-hybridized carbons (Fsp3) is 0.318. The number of carbonyl (C=O) groups is 1. The molecule has 1 aliphatic rings. The standard InChI is InChI=1S/C22H24FN5OS/c1-3-7-18-25-26-22-28(18)27-19(15-12-10-14(4-2)11-13-15)20(30-22)21(29)24-17-9-6-5-8-16(17)23/h5-6,8-13,19-20,27H,3-4,7H2,1-2H3,(H,24,29)/t19-,20-/m1/s1. The zero-order valence-electron chi connectivity index (χ0n) is 16.9. The first kappa shape index (κ1) is 20.4. The summed E-state index contributed by atoms with van der Waals surface area (Å²) in [5.41, 5.74) is 5.81. The minimum Gasteiger partial charge on any atom is -0.323 e. The molecule has 0 fully saturated rings. The molecule has 0 unspecified atom stereocenters. The number of halogens is 1. The lowest BCUT2D eigenvalue weighted by Crippen LogP contribution is -2.41. The molecule has 156 valence electrons. The first-order valence-electron chi connectivity index (χ1n) is 10.1. The van der Waals surface area contributed by atoms with Crippen LogP contribution >= 0.6 is 11.8 Å². The second-order valence-corrected chi connectivity index (χ2v) is 8.30. The number of anilines is 1. The van der Waals surface area contributed by atoms with Gasteiger partial charge in [0.05, 0.1) is 11.7 Å². The molecule has 0 saturated carbocycles. The fourth-order valence-electron chi connectivity index (χ4n) is 3.46. The van der Waals surface area contributed by atoms with Crippen LogP contribution in [-0.4, -0.2) is 26.0 Å². The Bertz CT molecular complexity index is 1040. The summed E-state index contributed by atoms with van der Waals surface area (Å²) < 4.78 is 16.0. The van der Waals surface area contributed by atoms with Crippen molar-refractivity contribution in [3.63, 3.8) is 0 Å². The average Bonchev–Trinajstić information content (AvgIpc) is 3.16. The highest BCUT2D eigenvalue weighted by atomic mass is 32.2. The summed E-state index contributed by atoms with van der Waals surface area (Å²) in [5.74, 6) is 0.0912. The molecule has 2 atom stereocenters. The molecule has 2 N–H and O–H groups in total. The van der Waals surface area contributed by atoms with Crippen LogP contribution in [0.2, 0.25) is 0 Å². The third kappa shape index (κ3) is 4.05. The van der Waals surface area contributed by atoms with E-state index in [2.05, 4.69) is 46.9 Å². The molecule has 0 radical (unpaired) electrons. The zero-order chi connectivity index (χ0) is 21.1. The van der Waals surface area contributed by atoms with E-state index in [1.54, 1.807) is 18.2 Å². The van der Waals surface area contributed by atoms with Crippen LogP contribution in [-0.2, 0) is 17.6 Å². The van der Waals surface area contributed by atoms with Gasteiger partial charge in [0.15, 0.2) is 5.82 Å². The lowest BCUT2D eigenvalue weighted by Gasteiger charge is -2.33. The molecule has 1 aliphatic heterocycles. The molecular formula is C22H24FN5OS. The summed E-state index contributed by atoms with van der Waals surface area (Å²) in [6, 6.07) is 14.1. The molecule has 3 aromatic rings. The van der Waals surface area contributed by atoms with Gasteiger partial charge < -0.3 is 10.7 Å². The van der Waals surface area contributed by atoms with Crippen LogP contribution < -0.4 is 10.7 Å². The maximum Gasteiger partial charge on any atom is 0.240 e. The number of para-hydroxylation sites is 1. The number of rotatable bonds is 6. The van der Waals surface area contributed by atoms with Crippen molar-refractivity contribution >= 4 is 23.4 Å². The fourth-order valence-corrected chi connectivity index (χ4v) is 4.56. The topological polar surface area (TPSA) is 71.8 Å². The second kappa shape index (κ2) is 8.87. The predicted molar refractivity (Wildman–Crippen MR) is 117 cm³/mol. The summed E-state index contributed by atoms with van der Waals surface area (Å²) in [6.45, 7) is 4.19. The normalized spacial score (nSPS) is 17.8. The molecule has 1 amide bonds. The van der Waals surface area contributed by atoms with Gasteiger partial charge in [-0.1, -0.05) is 62.0 Å². The number of nitrogens with zero attached hydrogens (tertiary/aromatic N) is 3. The van der Waals surface area contributed by atoms with Crippen molar-refractivity contribution in [2.75, 3.05) is 10.7 Å². The van der Waals surface area contributed by atoms with Crippen molar-refractivity contribution in [3.8, 4) is 0 Å². The van der Waals surface area contributed by atoms with Gasteiger partial charge in [0.2, 0.25) is 11.1 Å². The first-order chi connectivity index (χ1) is 14.6. The third-order valence-electron chi connectivity index (χ3n) is 5.11. The van der Waals surface area contributed by atoms with Gasteiger partial charge >= 0.3 is 0 Å². The van der Waals surface area contributed by atoms with E-state index < -0.39 is 11.1 Å². The monoisotopic (exact) mass is 425 g/mol. The number of thioether (sulfide) groups is 1. The van der Waals surface area contributed by atoms with Crippen molar-refractivity contribution in [3.05, 3.63) is 71.3 Å². The Balaban J connectivity index is 1.67. The molecule has 0 spiro atoms. The minimum absolute atomic E-state index is 0.168. The summed E-state index contributed by atoms with van der Waals surface area (Å²) in [4.78, 5) is 13.2. The van der Waals surface area contributed by atoms with Crippen molar-refractivity contribution in [2.45, 2.75) is 49.6 Å². The lowest BCUT2D eigenvalue weighted by atomic mass is 10.0. The van der Waals surface area contributed by atoms with E-state index in [-0.39, 0.29) is 17.6 Å². The largest absolute Gasteiger partial charge is 0.323 e. The Kier molecular flexibility index (Phi) is 6.03. The maximum absolute atomic E-state index is 14.1. The number of fused-ring (bicyclic) bond motifs is 1. The number of aryl methyl sites for hydroxylation is 2. The average molecular weight is 426 g/mol. The van der Waals surface area contributed by atoms with Gasteiger partial charge in [-0.25, -0.2) is 9.07 Å². The van der Waals surface area contributed by atoms with E-state index in [9.17, 15) is 9.18 Å². The minimum atomic E-state index is -0.539. The number of benzene rings is 2. The highest BCUT2D eigenvalue weighted by Gasteiger charge is 2.38. The molecule has 2 aromatic carbocycles. The molecule has 0 saturated heterocycles. The van der Waals surface area contributed by atoms with Crippen LogP contribution in [0, 0.1) is 5.82 Å². The van der Waals surface area contributed by atoms with Crippen LogP contribution in [0.5, 0.6) is 0 Å². The Hall–Kier alpha value is -2.87. The van der Waals surface area contributed by atoms with E-state index in [0.29, 0.717) is 5.16 Å². The Morgan fingerprint density at radius 1 is 1.17 bits per heavy atom. The van der Waals surface area contributed by atoms with Crippen molar-refractivity contribution in [1.82, 2.24) is 14.9 Å². The number of amides is 1. The van der Waals surface area contributed by atoms with Crippen molar-refractivity contribution in [2.24, 2.45) is 0 Å². The summed E-state index contributed by atoms with van der Waals surface area (Å²) in [7, 11) is 0. The predicted octanol–water partition coefficient (Wildman–Crippen LogP) is 4.33. The van der Waals surface area contributed by atoms with E-state index in [4.69, 9.17) is 0 Å². The number of carbonyl (C=O) groups excluding carboxylic acids is 1. The molecule has 0 aliphatic carbocycles. The molecular weight excluding hydrogens is 401 g/mol. The molecule has 6 nitrogen and oxygen atoms in total. The van der Waals surface area contributed by atoms with Gasteiger partial charge in [-0.15, -0.1) is 10.2 Å². The van der Waals surface area contributed by atoms with E-state index in [1.807, 2.05) is 16.8 Å². The van der Waals surface area contributed by atoms with Gasteiger partial charge in [-0.3, -0.25) is 4.79 Å². The lowest BCUT2D eigenvalue weighted by molar-refractivity contribution is -0.116. The number of hydrogen-bond acceptors (Lipinski definition) is 5. The highest BCUT2D eigenvalue weighted by molar-refractivity contribution is 8.00. The third-order valence-corrected chi connectivity index (χ3v) is 6.33. The Morgan fingerprint density at radius 3 is 2.63 bits per heavy atom. The summed E-state index contributed by atoms with van der Waals surface area (Å²) >= 11 is 1.34. The van der Waals surface area contributed by atoms with Crippen LogP contribution in [0.4, 0.5) is 10.1 Å². The van der Waals surface area contributed by atoms with E-state index in [0.717, 1.165) is 30.7 Å². The maximum atomic E-state index is 14.1. The first-order valence-corrected chi connectivity index (χ1v) is 11.0. The van der Waals surface area contributed by atoms with Gasteiger partial charge in [0, 0.05) is 6.42 Å². The number of nitrogens with one attached hydrogen (secondary N) is 2. The van der Waals surface area contributed by atoms with Crippen LogP contribution in [0.3, 0.4) is 0 Å². The van der Waals surface area contributed by atoms with Crippen LogP contribution in [0.1, 0.15) is 43.3 Å².